The summed E-state index contributed by atoms with van der Waals surface area (Å²) in [6, 6.07) is 7.34. The molecule has 0 aromatic heterocycles. The molecule has 6 nitrogen and oxygen atoms in total. The number of rotatable bonds is 4. The zero-order valence-corrected chi connectivity index (χ0v) is 15.9. The number of likely N-dealkylation sites (tertiary alicyclic amines) is 1. The number of amides is 3. The minimum Gasteiger partial charge on any atom is -0.306 e. The van der Waals surface area contributed by atoms with Crippen molar-refractivity contribution in [1.29, 1.82) is 0 Å². The van der Waals surface area contributed by atoms with E-state index in [4.69, 9.17) is 0 Å². The Balaban J connectivity index is 1.91. The highest BCUT2D eigenvalue weighted by atomic mass is 16.2. The van der Waals surface area contributed by atoms with Gasteiger partial charge in [-0.1, -0.05) is 38.1 Å². The van der Waals surface area contributed by atoms with Crippen LogP contribution in [0.15, 0.2) is 36.9 Å². The third kappa shape index (κ3) is 2.19. The third-order valence-corrected chi connectivity index (χ3v) is 6.12. The first-order chi connectivity index (χ1) is 12.8. The van der Waals surface area contributed by atoms with E-state index in [9.17, 15) is 14.4 Å². The highest BCUT2D eigenvalue weighted by Gasteiger charge is 2.70. The Morgan fingerprint density at radius 2 is 1.93 bits per heavy atom. The van der Waals surface area contributed by atoms with Crippen LogP contribution in [0.3, 0.4) is 0 Å². The highest BCUT2D eigenvalue weighted by molar-refractivity contribution is 6.16. The number of carbonyl (C=O) groups excluding carboxylic acids is 3. The average Bonchev–Trinajstić information content (AvgIpc) is 3.17. The Morgan fingerprint density at radius 1 is 1.22 bits per heavy atom. The van der Waals surface area contributed by atoms with Gasteiger partial charge in [0.2, 0.25) is 11.8 Å². The van der Waals surface area contributed by atoms with Crippen LogP contribution in [-0.4, -0.2) is 42.3 Å². The first-order valence-electron chi connectivity index (χ1n) is 9.46. The van der Waals surface area contributed by atoms with Gasteiger partial charge in [0.05, 0.1) is 11.8 Å². The van der Waals surface area contributed by atoms with Crippen LogP contribution in [0.5, 0.6) is 0 Å². The van der Waals surface area contributed by atoms with Crippen LogP contribution in [0.2, 0.25) is 0 Å². The fraction of sp³-hybridized carbons (Fsp3) is 0.476. The summed E-state index contributed by atoms with van der Waals surface area (Å²) in [4.78, 5) is 42.5. The van der Waals surface area contributed by atoms with Crippen molar-refractivity contribution in [3.8, 4) is 0 Å². The van der Waals surface area contributed by atoms with E-state index in [2.05, 4.69) is 25.7 Å². The fourth-order valence-corrected chi connectivity index (χ4v) is 5.11. The van der Waals surface area contributed by atoms with Crippen LogP contribution in [0.4, 0.5) is 5.69 Å². The van der Waals surface area contributed by atoms with E-state index < -0.39 is 17.4 Å². The zero-order valence-electron chi connectivity index (χ0n) is 15.9. The molecule has 0 aliphatic carbocycles. The topological polar surface area (TPSA) is 69.7 Å². The molecule has 3 amide bonds. The molecule has 6 heteroatoms. The van der Waals surface area contributed by atoms with Gasteiger partial charge < -0.3 is 4.90 Å². The van der Waals surface area contributed by atoms with E-state index in [0.29, 0.717) is 12.5 Å². The Hall–Kier alpha value is -2.47. The van der Waals surface area contributed by atoms with E-state index in [1.54, 1.807) is 11.0 Å². The molecule has 3 aliphatic heterocycles. The van der Waals surface area contributed by atoms with E-state index in [1.165, 1.54) is 11.9 Å². The summed E-state index contributed by atoms with van der Waals surface area (Å²) in [7, 11) is 1.52. The summed E-state index contributed by atoms with van der Waals surface area (Å²) in [6.07, 6.45) is 2.41. The standard InChI is InChI=1S/C21H25N3O3/c1-5-10-24-15-9-7-6-8-13(15)21(20(24)27)17-16(14(22-21)11-12(2)3)18(25)23(4)19(17)26/h5-9,12,14,16-17,22H,1,10-11H2,2-4H3/t14-,16-,17+,21+/m1/s1. The van der Waals surface area contributed by atoms with Gasteiger partial charge in [0, 0.05) is 30.9 Å². The quantitative estimate of drug-likeness (QED) is 0.649. The largest absolute Gasteiger partial charge is 0.306 e. The SMILES string of the molecule is C=CCN1C(=O)[C@]2(N[C@H](CC(C)C)[C@H]3C(=O)N(C)C(=O)[C@H]32)c2ccccc21. The van der Waals surface area contributed by atoms with Crippen molar-refractivity contribution in [2.45, 2.75) is 31.8 Å². The van der Waals surface area contributed by atoms with Crippen LogP contribution in [-0.2, 0) is 19.9 Å². The molecule has 0 unspecified atom stereocenters. The van der Waals surface area contributed by atoms with Crippen molar-refractivity contribution >= 4 is 23.4 Å². The van der Waals surface area contributed by atoms with Crippen molar-refractivity contribution in [1.82, 2.24) is 10.2 Å². The number of anilines is 1. The van der Waals surface area contributed by atoms with Gasteiger partial charge in [-0.15, -0.1) is 6.58 Å². The molecule has 1 N–H and O–H groups in total. The normalized spacial score (nSPS) is 32.0. The minimum absolute atomic E-state index is 0.165. The maximum Gasteiger partial charge on any atom is 0.253 e. The van der Waals surface area contributed by atoms with Crippen LogP contribution in [0.25, 0.3) is 0 Å². The van der Waals surface area contributed by atoms with E-state index in [0.717, 1.165) is 17.7 Å². The lowest BCUT2D eigenvalue weighted by Gasteiger charge is -2.30. The number of carbonyl (C=O) groups is 3. The Morgan fingerprint density at radius 3 is 2.59 bits per heavy atom. The Bertz CT molecular complexity index is 849. The number of nitrogens with zero attached hydrogens (tertiary/aromatic N) is 2. The number of benzene rings is 1. The lowest BCUT2D eigenvalue weighted by atomic mass is 9.76. The molecule has 1 spiro atoms. The molecule has 2 fully saturated rings. The van der Waals surface area contributed by atoms with Gasteiger partial charge in [-0.3, -0.25) is 24.6 Å². The molecule has 0 bridgehead atoms. The zero-order chi connectivity index (χ0) is 19.5. The van der Waals surface area contributed by atoms with E-state index >= 15 is 0 Å². The van der Waals surface area contributed by atoms with Crippen LogP contribution in [0, 0.1) is 17.8 Å². The molecule has 2 saturated heterocycles. The van der Waals surface area contributed by atoms with Crippen LogP contribution < -0.4 is 10.2 Å². The van der Waals surface area contributed by atoms with Crippen molar-refractivity contribution in [3.63, 3.8) is 0 Å². The van der Waals surface area contributed by atoms with Gasteiger partial charge in [0.25, 0.3) is 5.91 Å². The smallest absolute Gasteiger partial charge is 0.253 e. The maximum atomic E-state index is 13.6. The first-order valence-corrected chi connectivity index (χ1v) is 9.46. The number of hydrogen-bond acceptors (Lipinski definition) is 4. The fourth-order valence-electron chi connectivity index (χ4n) is 5.11. The van der Waals surface area contributed by atoms with Gasteiger partial charge >= 0.3 is 0 Å². The van der Waals surface area contributed by atoms with Crippen molar-refractivity contribution in [2.24, 2.45) is 17.8 Å². The second kappa shape index (κ2) is 6.02. The number of para-hydroxylation sites is 1. The molecular weight excluding hydrogens is 342 g/mol. The van der Waals surface area contributed by atoms with Gasteiger partial charge in [0.15, 0.2) is 0 Å². The second-order valence-electron chi connectivity index (χ2n) is 8.15. The summed E-state index contributed by atoms with van der Waals surface area (Å²) in [5, 5.41) is 3.48. The molecule has 0 radical (unpaired) electrons. The predicted molar refractivity (Wildman–Crippen MR) is 102 cm³/mol. The summed E-state index contributed by atoms with van der Waals surface area (Å²) in [6.45, 7) is 8.30. The number of nitrogens with one attached hydrogen (secondary N) is 1. The molecule has 27 heavy (non-hydrogen) atoms. The molecular formula is C21H25N3O3. The Labute approximate surface area is 159 Å². The van der Waals surface area contributed by atoms with Crippen molar-refractivity contribution in [2.75, 3.05) is 18.5 Å². The molecule has 4 rings (SSSR count). The summed E-state index contributed by atoms with van der Waals surface area (Å²) < 4.78 is 0. The molecule has 142 valence electrons. The number of hydrogen-bond donors (Lipinski definition) is 1. The monoisotopic (exact) mass is 367 g/mol. The molecule has 3 aliphatic rings. The summed E-state index contributed by atoms with van der Waals surface area (Å²) in [5.41, 5.74) is 0.393. The van der Waals surface area contributed by atoms with E-state index in [1.807, 2.05) is 24.3 Å². The van der Waals surface area contributed by atoms with Gasteiger partial charge in [-0.05, 0) is 18.4 Å². The lowest BCUT2D eigenvalue weighted by Crippen LogP contribution is -2.55. The van der Waals surface area contributed by atoms with Crippen molar-refractivity contribution in [3.05, 3.63) is 42.5 Å². The van der Waals surface area contributed by atoms with Crippen molar-refractivity contribution < 1.29 is 14.4 Å². The first kappa shape index (κ1) is 17.9. The Kier molecular flexibility index (Phi) is 4.00. The average molecular weight is 367 g/mol. The molecule has 0 saturated carbocycles. The molecule has 1 aromatic carbocycles. The highest BCUT2D eigenvalue weighted by Crippen LogP contribution is 2.54. The summed E-state index contributed by atoms with van der Waals surface area (Å²) >= 11 is 0. The maximum absolute atomic E-state index is 13.6. The lowest BCUT2D eigenvalue weighted by molar-refractivity contribution is -0.141. The van der Waals surface area contributed by atoms with Gasteiger partial charge in [-0.2, -0.15) is 0 Å². The van der Waals surface area contributed by atoms with Gasteiger partial charge in [0.1, 0.15) is 5.54 Å². The number of fused-ring (bicyclic) bond motifs is 4. The second-order valence-corrected chi connectivity index (χ2v) is 8.15. The predicted octanol–water partition coefficient (Wildman–Crippen LogP) is 1.66. The molecule has 3 heterocycles. The third-order valence-electron chi connectivity index (χ3n) is 6.12. The summed E-state index contributed by atoms with van der Waals surface area (Å²) in [5.74, 6) is -1.50. The van der Waals surface area contributed by atoms with E-state index in [-0.39, 0.29) is 23.8 Å². The minimum atomic E-state index is -1.18. The van der Waals surface area contributed by atoms with Crippen LogP contribution >= 0.6 is 0 Å². The van der Waals surface area contributed by atoms with Crippen LogP contribution in [0.1, 0.15) is 25.8 Å². The number of imide groups is 1. The van der Waals surface area contributed by atoms with Gasteiger partial charge in [-0.25, -0.2) is 0 Å². The molecule has 1 aromatic rings. The molecule has 4 atom stereocenters.